The summed E-state index contributed by atoms with van der Waals surface area (Å²) in [4.78, 5) is 41.0. The van der Waals surface area contributed by atoms with Crippen molar-refractivity contribution in [1.29, 1.82) is 0 Å². The van der Waals surface area contributed by atoms with Crippen LogP contribution < -0.4 is 25.4 Å². The molecule has 1 aromatic heterocycles. The van der Waals surface area contributed by atoms with Crippen LogP contribution in [-0.2, 0) is 11.2 Å². The Morgan fingerprint density at radius 2 is 1.89 bits per heavy atom. The number of halogens is 2. The van der Waals surface area contributed by atoms with E-state index in [2.05, 4.69) is 20.9 Å². The summed E-state index contributed by atoms with van der Waals surface area (Å²) < 4.78 is 24.2. The Labute approximate surface area is 222 Å². The molecule has 4 N–H and O–H groups in total. The predicted octanol–water partition coefficient (Wildman–Crippen LogP) is 3.10. The Kier molecular flexibility index (Phi) is 8.02. The maximum absolute atomic E-state index is 13.7. The van der Waals surface area contributed by atoms with Crippen molar-refractivity contribution in [3.63, 3.8) is 0 Å². The first kappa shape index (κ1) is 27.1. The third kappa shape index (κ3) is 5.22. The summed E-state index contributed by atoms with van der Waals surface area (Å²) in [5, 5.41) is 21.0. The maximum Gasteiger partial charge on any atom is 0.313 e. The van der Waals surface area contributed by atoms with Crippen LogP contribution in [0.3, 0.4) is 0 Å². The van der Waals surface area contributed by atoms with Gasteiger partial charge in [0.15, 0.2) is 5.75 Å². The van der Waals surface area contributed by atoms with Crippen LogP contribution in [0.4, 0.5) is 10.1 Å². The van der Waals surface area contributed by atoms with Gasteiger partial charge in [-0.15, -0.1) is 0 Å². The monoisotopic (exact) mass is 547 g/mol. The molecule has 11 nitrogen and oxygen atoms in total. The molecule has 3 aromatic rings. The van der Waals surface area contributed by atoms with E-state index in [1.54, 1.807) is 12.3 Å². The average Bonchev–Trinajstić information content (AvgIpc) is 3.30. The molecule has 0 unspecified atom stereocenters. The summed E-state index contributed by atoms with van der Waals surface area (Å²) in [7, 11) is 2.46. The van der Waals surface area contributed by atoms with E-state index in [1.807, 2.05) is 0 Å². The number of methoxy groups -OCH3 is 2. The zero-order chi connectivity index (χ0) is 27.4. The van der Waals surface area contributed by atoms with Crippen molar-refractivity contribution in [3.05, 3.63) is 62.5 Å². The molecule has 0 saturated carbocycles. The second kappa shape index (κ2) is 11.2. The van der Waals surface area contributed by atoms with Crippen LogP contribution in [0.25, 0.3) is 10.9 Å². The number of nitro groups is 1. The van der Waals surface area contributed by atoms with Crippen LogP contribution in [0.1, 0.15) is 28.8 Å². The van der Waals surface area contributed by atoms with Crippen molar-refractivity contribution in [2.45, 2.75) is 24.8 Å². The number of hydrogen-bond acceptors (Lipinski definition) is 7. The van der Waals surface area contributed by atoms with Gasteiger partial charge in [0, 0.05) is 29.7 Å². The lowest BCUT2D eigenvalue weighted by Crippen LogP contribution is -2.63. The fraction of sp³-hybridized carbons (Fsp3) is 0.360. The SMILES string of the molecule is COc1c(Cl)cc([N+](=O)[O-])c(OC)c1C(=O)NC1(C(=O)NCCc2c[nH]c3ccc(F)cc23)CCNCC1. The fourth-order valence-electron chi connectivity index (χ4n) is 4.73. The number of amides is 2. The molecule has 0 atom stereocenters. The summed E-state index contributed by atoms with van der Waals surface area (Å²) >= 11 is 6.18. The first-order valence-electron chi connectivity index (χ1n) is 11.9. The van der Waals surface area contributed by atoms with Gasteiger partial charge in [0.25, 0.3) is 5.91 Å². The number of hydrogen-bond donors (Lipinski definition) is 4. The lowest BCUT2D eigenvalue weighted by molar-refractivity contribution is -0.385. The van der Waals surface area contributed by atoms with Crippen molar-refractivity contribution in [1.82, 2.24) is 20.9 Å². The summed E-state index contributed by atoms with van der Waals surface area (Å²) in [6, 6.07) is 5.49. The van der Waals surface area contributed by atoms with E-state index in [1.165, 1.54) is 26.4 Å². The standard InChI is InChI=1S/C25H27ClFN5O6/c1-37-21-17(26)12-19(32(35)36)22(38-2)20(21)23(33)31-25(6-9-28-10-7-25)24(34)29-8-5-14-13-30-18-4-3-15(27)11-16(14)18/h3-4,11-13,28,30H,5-10H2,1-2H3,(H,29,34)(H,31,33). The topological polar surface area (TPSA) is 148 Å². The smallest absolute Gasteiger partial charge is 0.313 e. The van der Waals surface area contributed by atoms with Crippen LogP contribution in [-0.4, -0.2) is 61.1 Å². The van der Waals surface area contributed by atoms with Gasteiger partial charge in [-0.3, -0.25) is 19.7 Å². The number of nitrogens with zero attached hydrogens (tertiary/aromatic N) is 1. The molecule has 0 radical (unpaired) electrons. The summed E-state index contributed by atoms with van der Waals surface area (Å²) in [5.41, 5.74) is -0.470. The van der Waals surface area contributed by atoms with Gasteiger partial charge in [-0.2, -0.15) is 0 Å². The number of piperidine rings is 1. The Morgan fingerprint density at radius 3 is 2.55 bits per heavy atom. The fourth-order valence-corrected chi connectivity index (χ4v) is 5.00. The molecule has 1 aliphatic rings. The minimum absolute atomic E-state index is 0.109. The average molecular weight is 548 g/mol. The van der Waals surface area contributed by atoms with E-state index in [4.69, 9.17) is 21.1 Å². The van der Waals surface area contributed by atoms with E-state index in [-0.39, 0.29) is 47.3 Å². The largest absolute Gasteiger partial charge is 0.494 e. The normalized spacial score (nSPS) is 14.6. The maximum atomic E-state index is 13.7. The number of rotatable bonds is 9. The van der Waals surface area contributed by atoms with Crippen molar-refractivity contribution in [2.75, 3.05) is 33.9 Å². The van der Waals surface area contributed by atoms with E-state index in [0.29, 0.717) is 19.5 Å². The van der Waals surface area contributed by atoms with E-state index in [0.717, 1.165) is 22.5 Å². The highest BCUT2D eigenvalue weighted by Gasteiger charge is 2.42. The number of benzene rings is 2. The second-order valence-corrected chi connectivity index (χ2v) is 9.28. The van der Waals surface area contributed by atoms with Gasteiger partial charge in [0.05, 0.1) is 24.2 Å². The van der Waals surface area contributed by atoms with Gasteiger partial charge in [-0.1, -0.05) is 11.6 Å². The molecular weight excluding hydrogens is 521 g/mol. The highest BCUT2D eigenvalue weighted by molar-refractivity contribution is 6.33. The summed E-state index contributed by atoms with van der Waals surface area (Å²) in [5.74, 6) is -2.00. The number of H-pyrrole nitrogens is 1. The molecule has 2 heterocycles. The van der Waals surface area contributed by atoms with Crippen LogP contribution in [0.2, 0.25) is 5.02 Å². The molecule has 2 amide bonds. The van der Waals surface area contributed by atoms with Crippen LogP contribution in [0.5, 0.6) is 11.5 Å². The number of fused-ring (bicyclic) bond motifs is 1. The number of carbonyl (C=O) groups excluding carboxylic acids is 2. The highest BCUT2D eigenvalue weighted by Crippen LogP contribution is 2.42. The van der Waals surface area contributed by atoms with Crippen molar-refractivity contribution in [2.24, 2.45) is 0 Å². The molecule has 0 spiro atoms. The van der Waals surface area contributed by atoms with Crippen LogP contribution >= 0.6 is 11.6 Å². The van der Waals surface area contributed by atoms with Gasteiger partial charge >= 0.3 is 5.69 Å². The molecule has 1 fully saturated rings. The van der Waals surface area contributed by atoms with Gasteiger partial charge in [0.1, 0.15) is 16.9 Å². The molecule has 13 heteroatoms. The molecule has 38 heavy (non-hydrogen) atoms. The summed E-state index contributed by atoms with van der Waals surface area (Å²) in [6.07, 6.45) is 2.74. The number of carbonyl (C=O) groups is 2. The minimum Gasteiger partial charge on any atom is -0.494 e. The number of nitro benzene ring substituents is 1. The third-order valence-electron chi connectivity index (χ3n) is 6.65. The molecule has 4 rings (SSSR count). The number of ether oxygens (including phenoxy) is 2. The number of aromatic nitrogens is 1. The van der Waals surface area contributed by atoms with Gasteiger partial charge in [0.2, 0.25) is 11.7 Å². The molecule has 1 saturated heterocycles. The Bertz CT molecular complexity index is 1390. The zero-order valence-electron chi connectivity index (χ0n) is 20.8. The van der Waals surface area contributed by atoms with Gasteiger partial charge < -0.3 is 30.4 Å². The minimum atomic E-state index is -1.30. The molecule has 202 valence electrons. The first-order valence-corrected chi connectivity index (χ1v) is 12.2. The molecule has 0 bridgehead atoms. The molecule has 1 aliphatic heterocycles. The lowest BCUT2D eigenvalue weighted by Gasteiger charge is -2.37. The summed E-state index contributed by atoms with van der Waals surface area (Å²) in [6.45, 7) is 1.15. The number of aromatic amines is 1. The van der Waals surface area contributed by atoms with Crippen molar-refractivity contribution < 1.29 is 28.4 Å². The number of nitrogens with one attached hydrogen (secondary N) is 4. The molecule has 0 aliphatic carbocycles. The van der Waals surface area contributed by atoms with E-state index < -0.39 is 28.0 Å². The van der Waals surface area contributed by atoms with Gasteiger partial charge in [-0.25, -0.2) is 4.39 Å². The van der Waals surface area contributed by atoms with E-state index >= 15 is 0 Å². The van der Waals surface area contributed by atoms with Gasteiger partial charge in [-0.05, 0) is 56.1 Å². The lowest BCUT2D eigenvalue weighted by atomic mass is 9.86. The molecular formula is C25H27ClFN5O6. The Morgan fingerprint density at radius 1 is 1.18 bits per heavy atom. The zero-order valence-corrected chi connectivity index (χ0v) is 21.5. The quantitative estimate of drug-likeness (QED) is 0.238. The van der Waals surface area contributed by atoms with E-state index in [9.17, 15) is 24.1 Å². The van der Waals surface area contributed by atoms with Crippen molar-refractivity contribution >= 4 is 40.0 Å². The third-order valence-corrected chi connectivity index (χ3v) is 6.93. The highest BCUT2D eigenvalue weighted by atomic mass is 35.5. The van der Waals surface area contributed by atoms with Crippen LogP contribution in [0, 0.1) is 15.9 Å². The Hall–Kier alpha value is -3.90. The van der Waals surface area contributed by atoms with Crippen molar-refractivity contribution in [3.8, 4) is 11.5 Å². The second-order valence-electron chi connectivity index (χ2n) is 8.87. The first-order chi connectivity index (χ1) is 18.2. The molecule has 2 aromatic carbocycles. The Balaban J connectivity index is 1.57. The predicted molar refractivity (Wildman–Crippen MR) is 138 cm³/mol. The van der Waals surface area contributed by atoms with Crippen LogP contribution in [0.15, 0.2) is 30.5 Å².